The van der Waals surface area contributed by atoms with E-state index in [-0.39, 0.29) is 18.6 Å². The van der Waals surface area contributed by atoms with Crippen LogP contribution in [-0.4, -0.2) is 42.5 Å². The van der Waals surface area contributed by atoms with Gasteiger partial charge in [0.2, 0.25) is 0 Å². The van der Waals surface area contributed by atoms with E-state index in [0.29, 0.717) is 25.1 Å². The van der Waals surface area contributed by atoms with E-state index in [1.807, 2.05) is 6.07 Å². The van der Waals surface area contributed by atoms with Crippen molar-refractivity contribution in [2.75, 3.05) is 13.2 Å². The summed E-state index contributed by atoms with van der Waals surface area (Å²) in [6.07, 6.45) is 2.36. The molecule has 1 amide bonds. The Kier molecular flexibility index (Phi) is 7.03. The van der Waals surface area contributed by atoms with Crippen LogP contribution in [0.15, 0.2) is 30.3 Å². The van der Waals surface area contributed by atoms with Crippen LogP contribution in [0.1, 0.15) is 42.5 Å². The quantitative estimate of drug-likeness (QED) is 0.766. The standard InChI is InChI=1S/C17H23NO5/c19-15(20)12-14(23-16-8-4-5-11-22-16)9-10-18-17(21)13-6-2-1-3-7-13/h1-3,6-7,14,16H,4-5,8-12H2,(H,18,21)(H,19,20). The molecule has 1 saturated heterocycles. The number of hydrogen-bond acceptors (Lipinski definition) is 4. The summed E-state index contributed by atoms with van der Waals surface area (Å²) in [6.45, 7) is 1.01. The van der Waals surface area contributed by atoms with Crippen molar-refractivity contribution < 1.29 is 24.2 Å². The lowest BCUT2D eigenvalue weighted by Crippen LogP contribution is -2.33. The van der Waals surface area contributed by atoms with Gasteiger partial charge in [-0.3, -0.25) is 9.59 Å². The number of hydrogen-bond donors (Lipinski definition) is 2. The van der Waals surface area contributed by atoms with E-state index in [1.54, 1.807) is 24.3 Å². The van der Waals surface area contributed by atoms with Crippen LogP contribution in [0, 0.1) is 0 Å². The molecule has 2 atom stereocenters. The van der Waals surface area contributed by atoms with Gasteiger partial charge in [-0.25, -0.2) is 0 Å². The van der Waals surface area contributed by atoms with Crippen LogP contribution in [-0.2, 0) is 14.3 Å². The molecular formula is C17H23NO5. The molecule has 23 heavy (non-hydrogen) atoms. The normalized spacial score (nSPS) is 19.0. The first-order chi connectivity index (χ1) is 11.1. The van der Waals surface area contributed by atoms with Crippen LogP contribution >= 0.6 is 0 Å². The highest BCUT2D eigenvalue weighted by atomic mass is 16.7. The van der Waals surface area contributed by atoms with Crippen molar-refractivity contribution in [1.29, 1.82) is 0 Å². The summed E-state index contributed by atoms with van der Waals surface area (Å²) in [5.41, 5.74) is 0.582. The molecule has 1 fully saturated rings. The molecule has 0 spiro atoms. The van der Waals surface area contributed by atoms with Gasteiger partial charge in [-0.1, -0.05) is 18.2 Å². The Hall–Kier alpha value is -1.92. The summed E-state index contributed by atoms with van der Waals surface area (Å²) in [7, 11) is 0. The predicted octanol–water partition coefficient (Wildman–Crippen LogP) is 2.19. The molecule has 0 aliphatic carbocycles. The maximum Gasteiger partial charge on any atom is 0.305 e. The van der Waals surface area contributed by atoms with Gasteiger partial charge in [0.25, 0.3) is 5.91 Å². The van der Waals surface area contributed by atoms with E-state index in [2.05, 4.69) is 5.32 Å². The fraction of sp³-hybridized carbons (Fsp3) is 0.529. The van der Waals surface area contributed by atoms with Crippen molar-refractivity contribution in [2.45, 2.75) is 44.5 Å². The zero-order valence-corrected chi connectivity index (χ0v) is 13.1. The monoisotopic (exact) mass is 321 g/mol. The highest BCUT2D eigenvalue weighted by Gasteiger charge is 2.22. The lowest BCUT2D eigenvalue weighted by molar-refractivity contribution is -0.192. The third kappa shape index (κ3) is 6.38. The van der Waals surface area contributed by atoms with Crippen LogP contribution in [0.5, 0.6) is 0 Å². The van der Waals surface area contributed by atoms with Crippen molar-refractivity contribution in [3.05, 3.63) is 35.9 Å². The summed E-state index contributed by atoms with van der Waals surface area (Å²) in [5.74, 6) is -1.09. The molecule has 2 N–H and O–H groups in total. The zero-order chi connectivity index (χ0) is 16.5. The van der Waals surface area contributed by atoms with Gasteiger partial charge in [-0.05, 0) is 37.8 Å². The summed E-state index contributed by atoms with van der Waals surface area (Å²) in [6, 6.07) is 8.90. The molecule has 1 aliphatic heterocycles. The lowest BCUT2D eigenvalue weighted by Gasteiger charge is -2.27. The minimum atomic E-state index is -0.916. The first-order valence-corrected chi connectivity index (χ1v) is 7.97. The van der Waals surface area contributed by atoms with Crippen molar-refractivity contribution in [2.24, 2.45) is 0 Å². The van der Waals surface area contributed by atoms with Gasteiger partial charge in [-0.15, -0.1) is 0 Å². The topological polar surface area (TPSA) is 84.9 Å². The number of nitrogens with one attached hydrogen (secondary N) is 1. The number of carboxylic acids is 1. The molecule has 6 nitrogen and oxygen atoms in total. The molecule has 1 aliphatic rings. The maximum atomic E-state index is 11.9. The van der Waals surface area contributed by atoms with Crippen molar-refractivity contribution in [3.8, 4) is 0 Å². The fourth-order valence-corrected chi connectivity index (χ4v) is 2.48. The lowest BCUT2D eigenvalue weighted by atomic mass is 10.1. The highest BCUT2D eigenvalue weighted by Crippen LogP contribution is 2.18. The van der Waals surface area contributed by atoms with Crippen LogP contribution in [0.25, 0.3) is 0 Å². The molecule has 2 unspecified atom stereocenters. The second kappa shape index (κ2) is 9.27. The average molecular weight is 321 g/mol. The Morgan fingerprint density at radius 3 is 2.74 bits per heavy atom. The Bertz CT molecular complexity index is 499. The summed E-state index contributed by atoms with van der Waals surface area (Å²) < 4.78 is 11.2. The van der Waals surface area contributed by atoms with E-state index in [4.69, 9.17) is 14.6 Å². The SMILES string of the molecule is O=C(O)CC(CCNC(=O)c1ccccc1)OC1CCCCO1. The van der Waals surface area contributed by atoms with Gasteiger partial charge in [-0.2, -0.15) is 0 Å². The van der Waals surface area contributed by atoms with Gasteiger partial charge in [0.15, 0.2) is 6.29 Å². The van der Waals surface area contributed by atoms with E-state index in [0.717, 1.165) is 19.3 Å². The molecule has 126 valence electrons. The van der Waals surface area contributed by atoms with Crippen molar-refractivity contribution >= 4 is 11.9 Å². The summed E-state index contributed by atoms with van der Waals surface area (Å²) >= 11 is 0. The number of aliphatic carboxylic acids is 1. The number of carboxylic acid groups (broad SMARTS) is 1. The Balaban J connectivity index is 1.78. The Morgan fingerprint density at radius 2 is 2.09 bits per heavy atom. The molecule has 2 rings (SSSR count). The maximum absolute atomic E-state index is 11.9. The predicted molar refractivity (Wildman–Crippen MR) is 84.1 cm³/mol. The molecular weight excluding hydrogens is 298 g/mol. The first-order valence-electron chi connectivity index (χ1n) is 7.97. The van der Waals surface area contributed by atoms with Gasteiger partial charge in [0, 0.05) is 18.7 Å². The van der Waals surface area contributed by atoms with Crippen LogP contribution in [0.2, 0.25) is 0 Å². The highest BCUT2D eigenvalue weighted by molar-refractivity contribution is 5.94. The molecule has 0 bridgehead atoms. The largest absolute Gasteiger partial charge is 0.481 e. The third-order valence-corrected chi connectivity index (χ3v) is 3.67. The van der Waals surface area contributed by atoms with Crippen molar-refractivity contribution in [1.82, 2.24) is 5.32 Å². The van der Waals surface area contributed by atoms with E-state index in [9.17, 15) is 9.59 Å². The third-order valence-electron chi connectivity index (χ3n) is 3.67. The molecule has 0 aromatic heterocycles. The molecule has 0 radical (unpaired) electrons. The van der Waals surface area contributed by atoms with Gasteiger partial charge >= 0.3 is 5.97 Å². The molecule has 1 heterocycles. The first kappa shape index (κ1) is 17.4. The van der Waals surface area contributed by atoms with E-state index in [1.165, 1.54) is 0 Å². The fourth-order valence-electron chi connectivity index (χ4n) is 2.48. The molecule has 6 heteroatoms. The summed E-state index contributed by atoms with van der Waals surface area (Å²) in [4.78, 5) is 22.9. The number of ether oxygens (including phenoxy) is 2. The minimum Gasteiger partial charge on any atom is -0.481 e. The van der Waals surface area contributed by atoms with Crippen LogP contribution in [0.3, 0.4) is 0 Å². The van der Waals surface area contributed by atoms with Crippen molar-refractivity contribution in [3.63, 3.8) is 0 Å². The van der Waals surface area contributed by atoms with E-state index < -0.39 is 12.1 Å². The zero-order valence-electron chi connectivity index (χ0n) is 13.1. The van der Waals surface area contributed by atoms with Gasteiger partial charge in [0.05, 0.1) is 12.5 Å². The molecule has 0 saturated carbocycles. The molecule has 1 aromatic rings. The number of amides is 1. The average Bonchev–Trinajstić information content (AvgIpc) is 2.56. The Labute approximate surface area is 135 Å². The smallest absolute Gasteiger partial charge is 0.305 e. The minimum absolute atomic E-state index is 0.0962. The summed E-state index contributed by atoms with van der Waals surface area (Å²) in [5, 5.41) is 11.8. The van der Waals surface area contributed by atoms with Gasteiger partial charge < -0.3 is 19.9 Å². The Morgan fingerprint density at radius 1 is 1.30 bits per heavy atom. The number of carbonyl (C=O) groups is 2. The second-order valence-electron chi connectivity index (χ2n) is 5.56. The van der Waals surface area contributed by atoms with E-state index >= 15 is 0 Å². The van der Waals surface area contributed by atoms with Crippen LogP contribution in [0.4, 0.5) is 0 Å². The second-order valence-corrected chi connectivity index (χ2v) is 5.56. The molecule has 1 aromatic carbocycles. The number of rotatable bonds is 8. The number of carbonyl (C=O) groups excluding carboxylic acids is 1. The van der Waals surface area contributed by atoms with Gasteiger partial charge in [0.1, 0.15) is 0 Å². The number of benzene rings is 1. The van der Waals surface area contributed by atoms with Crippen LogP contribution < -0.4 is 5.32 Å².